The minimum Gasteiger partial charge on any atom is -0.465 e. The Balaban J connectivity index is 1.53. The van der Waals surface area contributed by atoms with Crippen LogP contribution in [0.4, 0.5) is 5.95 Å². The number of benzene rings is 2. The molecule has 7 nitrogen and oxygen atoms in total. The van der Waals surface area contributed by atoms with Crippen LogP contribution >= 0.6 is 11.6 Å². The Morgan fingerprint density at radius 1 is 1.27 bits per heavy atom. The van der Waals surface area contributed by atoms with E-state index >= 15 is 0 Å². The fourth-order valence-corrected chi connectivity index (χ4v) is 3.35. The first-order chi connectivity index (χ1) is 14.6. The number of fused-ring (bicyclic) bond motifs is 1. The number of carbonyl (C=O) groups is 1. The minimum absolute atomic E-state index is 0.281. The zero-order valence-electron chi connectivity index (χ0n) is 16.4. The number of nitrogens with zero attached hydrogens (tertiary/aromatic N) is 3. The highest BCUT2D eigenvalue weighted by atomic mass is 35.5. The number of hydrazone groups is 1. The molecule has 0 aliphatic heterocycles. The number of methoxy groups -OCH3 is 1. The van der Waals surface area contributed by atoms with E-state index < -0.39 is 5.97 Å². The third-order valence-electron chi connectivity index (χ3n) is 4.61. The van der Waals surface area contributed by atoms with Crippen LogP contribution < -0.4 is 5.43 Å². The second-order valence-electron chi connectivity index (χ2n) is 6.43. The van der Waals surface area contributed by atoms with Gasteiger partial charge in [-0.1, -0.05) is 23.7 Å². The van der Waals surface area contributed by atoms with Gasteiger partial charge in [-0.15, -0.1) is 0 Å². The molecule has 0 spiro atoms. The van der Waals surface area contributed by atoms with E-state index in [2.05, 4.69) is 22.4 Å². The molecule has 152 valence electrons. The lowest BCUT2D eigenvalue weighted by Crippen LogP contribution is -2.02. The summed E-state index contributed by atoms with van der Waals surface area (Å²) in [6, 6.07) is 16.5. The third kappa shape index (κ3) is 3.79. The molecule has 1 N–H and O–H groups in total. The molecular formula is C22H19ClN4O3. The molecule has 0 saturated carbocycles. The number of rotatable bonds is 6. The quantitative estimate of drug-likeness (QED) is 0.262. The molecule has 0 amide bonds. The lowest BCUT2D eigenvalue weighted by molar-refractivity contribution is 0.0601. The molecule has 0 fully saturated rings. The fourth-order valence-electron chi connectivity index (χ4n) is 3.16. The van der Waals surface area contributed by atoms with E-state index in [1.807, 2.05) is 28.8 Å². The van der Waals surface area contributed by atoms with Crippen LogP contribution in [0.5, 0.6) is 0 Å². The number of halogens is 1. The second kappa shape index (κ2) is 8.42. The van der Waals surface area contributed by atoms with Crippen molar-refractivity contribution >= 4 is 40.8 Å². The first-order valence-electron chi connectivity index (χ1n) is 9.33. The van der Waals surface area contributed by atoms with Gasteiger partial charge in [0.2, 0.25) is 5.95 Å². The highest BCUT2D eigenvalue weighted by Gasteiger charge is 2.14. The standard InChI is InChI=1S/C22H19ClN4O3/c1-3-27-19-7-5-4-6-18(19)25-22(27)26-24-13-15-9-11-20(30-15)14-8-10-17(23)16(12-14)21(28)29-2/h4-13H,3H2,1-2H3,(H,25,26)/b24-13-. The Kier molecular flexibility index (Phi) is 5.54. The SMILES string of the molecule is CCn1c(N/N=C\c2ccc(-c3ccc(Cl)c(C(=O)OC)c3)o2)nc2ccccc21. The van der Waals surface area contributed by atoms with E-state index in [0.29, 0.717) is 28.1 Å². The third-order valence-corrected chi connectivity index (χ3v) is 4.94. The van der Waals surface area contributed by atoms with E-state index in [1.165, 1.54) is 7.11 Å². The lowest BCUT2D eigenvalue weighted by Gasteiger charge is -2.04. The largest absolute Gasteiger partial charge is 0.465 e. The van der Waals surface area contributed by atoms with Crippen molar-refractivity contribution in [2.45, 2.75) is 13.5 Å². The van der Waals surface area contributed by atoms with Crippen molar-refractivity contribution in [1.29, 1.82) is 0 Å². The molecule has 0 unspecified atom stereocenters. The molecule has 2 aromatic heterocycles. The van der Waals surface area contributed by atoms with E-state index in [0.717, 1.165) is 17.6 Å². The number of hydrogen-bond donors (Lipinski definition) is 1. The summed E-state index contributed by atoms with van der Waals surface area (Å²) in [4.78, 5) is 16.4. The van der Waals surface area contributed by atoms with Crippen molar-refractivity contribution in [3.8, 4) is 11.3 Å². The van der Waals surface area contributed by atoms with Gasteiger partial charge in [0.05, 0.1) is 34.9 Å². The molecule has 0 atom stereocenters. The average molecular weight is 423 g/mol. The Morgan fingerprint density at radius 2 is 2.10 bits per heavy atom. The van der Waals surface area contributed by atoms with E-state index in [9.17, 15) is 4.79 Å². The number of esters is 1. The number of aryl methyl sites for hydroxylation is 1. The summed E-state index contributed by atoms with van der Waals surface area (Å²) in [6.45, 7) is 2.82. The van der Waals surface area contributed by atoms with E-state index in [4.69, 9.17) is 20.8 Å². The molecule has 2 aromatic carbocycles. The highest BCUT2D eigenvalue weighted by molar-refractivity contribution is 6.33. The maximum absolute atomic E-state index is 11.8. The van der Waals surface area contributed by atoms with Crippen LogP contribution in [0, 0.1) is 0 Å². The van der Waals surface area contributed by atoms with Crippen LogP contribution in [0.25, 0.3) is 22.4 Å². The summed E-state index contributed by atoms with van der Waals surface area (Å²) in [6.07, 6.45) is 1.57. The van der Waals surface area contributed by atoms with Crippen molar-refractivity contribution in [2.75, 3.05) is 12.5 Å². The van der Waals surface area contributed by atoms with Crippen LogP contribution in [0.1, 0.15) is 23.0 Å². The number of hydrogen-bond acceptors (Lipinski definition) is 6. The van der Waals surface area contributed by atoms with Gasteiger partial charge in [0.25, 0.3) is 0 Å². The number of ether oxygens (including phenoxy) is 1. The number of furan rings is 1. The van der Waals surface area contributed by atoms with Gasteiger partial charge in [0.1, 0.15) is 11.5 Å². The number of aromatic nitrogens is 2. The topological polar surface area (TPSA) is 81.7 Å². The lowest BCUT2D eigenvalue weighted by atomic mass is 10.1. The second-order valence-corrected chi connectivity index (χ2v) is 6.83. The van der Waals surface area contributed by atoms with Crippen molar-refractivity contribution in [2.24, 2.45) is 5.10 Å². The minimum atomic E-state index is -0.502. The number of nitrogens with one attached hydrogen (secondary N) is 1. The predicted molar refractivity (Wildman–Crippen MR) is 117 cm³/mol. The molecule has 4 aromatic rings. The van der Waals surface area contributed by atoms with Crippen LogP contribution in [0.15, 0.2) is 64.1 Å². The van der Waals surface area contributed by atoms with Gasteiger partial charge in [-0.25, -0.2) is 15.2 Å². The molecule has 0 aliphatic carbocycles. The van der Waals surface area contributed by atoms with Gasteiger partial charge in [-0.3, -0.25) is 0 Å². The van der Waals surface area contributed by atoms with Crippen molar-refractivity contribution < 1.29 is 13.9 Å². The van der Waals surface area contributed by atoms with Gasteiger partial charge in [0, 0.05) is 12.1 Å². The van der Waals surface area contributed by atoms with Crippen LogP contribution in [0.2, 0.25) is 5.02 Å². The molecular weight excluding hydrogens is 404 g/mol. The highest BCUT2D eigenvalue weighted by Crippen LogP contribution is 2.27. The number of para-hydroxylation sites is 2. The Labute approximate surface area is 177 Å². The van der Waals surface area contributed by atoms with Crippen LogP contribution in [-0.2, 0) is 11.3 Å². The molecule has 2 heterocycles. The Bertz CT molecular complexity index is 1240. The monoisotopic (exact) mass is 422 g/mol. The van der Waals surface area contributed by atoms with Crippen molar-refractivity contribution in [3.05, 3.63) is 70.9 Å². The zero-order chi connectivity index (χ0) is 21.1. The van der Waals surface area contributed by atoms with Gasteiger partial charge < -0.3 is 13.7 Å². The van der Waals surface area contributed by atoms with Crippen molar-refractivity contribution in [3.63, 3.8) is 0 Å². The van der Waals surface area contributed by atoms with E-state index in [-0.39, 0.29) is 5.56 Å². The first-order valence-corrected chi connectivity index (χ1v) is 9.71. The molecule has 0 aliphatic rings. The van der Waals surface area contributed by atoms with Crippen LogP contribution in [-0.4, -0.2) is 28.8 Å². The number of imidazole rings is 1. The van der Waals surface area contributed by atoms with Crippen molar-refractivity contribution in [1.82, 2.24) is 9.55 Å². The summed E-state index contributed by atoms with van der Waals surface area (Å²) in [5.41, 5.74) is 5.91. The average Bonchev–Trinajstić information content (AvgIpc) is 3.38. The fraction of sp³-hybridized carbons (Fsp3) is 0.136. The van der Waals surface area contributed by atoms with Gasteiger partial charge >= 0.3 is 5.97 Å². The predicted octanol–water partition coefficient (Wildman–Crippen LogP) is 5.20. The number of carbonyl (C=O) groups excluding carboxylic acids is 1. The van der Waals surface area contributed by atoms with Gasteiger partial charge in [-0.2, -0.15) is 5.10 Å². The molecule has 0 bridgehead atoms. The zero-order valence-corrected chi connectivity index (χ0v) is 17.2. The summed E-state index contributed by atoms with van der Waals surface area (Å²) >= 11 is 6.07. The smallest absolute Gasteiger partial charge is 0.339 e. The van der Waals surface area contributed by atoms with Gasteiger partial charge in [-0.05, 0) is 49.4 Å². The summed E-state index contributed by atoms with van der Waals surface area (Å²) in [5.74, 6) is 1.28. The summed E-state index contributed by atoms with van der Waals surface area (Å²) < 4.78 is 12.6. The Morgan fingerprint density at radius 3 is 2.90 bits per heavy atom. The molecule has 8 heteroatoms. The molecule has 4 rings (SSSR count). The summed E-state index contributed by atoms with van der Waals surface area (Å²) in [5, 5.41) is 4.57. The van der Waals surface area contributed by atoms with Crippen LogP contribution in [0.3, 0.4) is 0 Å². The Hall–Kier alpha value is -3.58. The first kappa shape index (κ1) is 19.7. The summed E-state index contributed by atoms with van der Waals surface area (Å²) in [7, 11) is 1.31. The maximum atomic E-state index is 11.8. The van der Waals surface area contributed by atoms with Gasteiger partial charge in [0.15, 0.2) is 0 Å². The normalized spacial score (nSPS) is 11.3. The molecule has 0 saturated heterocycles. The van der Waals surface area contributed by atoms with E-state index in [1.54, 1.807) is 36.5 Å². The molecule has 0 radical (unpaired) electrons. The maximum Gasteiger partial charge on any atom is 0.339 e. The number of anilines is 1. The molecule has 30 heavy (non-hydrogen) atoms.